The van der Waals surface area contributed by atoms with E-state index < -0.39 is 10.3 Å². The number of carbonyl (C=O) groups excluding carboxylic acids is 1. The maximum atomic E-state index is 10.4. The Morgan fingerprint density at radius 2 is 2.18 bits per heavy atom. The SMILES string of the molecule is CCCOS(=O)(=O)NC=O.[H-].[K+]. The monoisotopic (exact) mass is 207 g/mol. The fourth-order valence-corrected chi connectivity index (χ4v) is 0.858. The minimum Gasteiger partial charge on any atom is -1.00 e. The molecule has 5 nitrogen and oxygen atoms in total. The summed E-state index contributed by atoms with van der Waals surface area (Å²) in [5.74, 6) is 0. The molecule has 0 aliphatic carbocycles. The second-order valence-corrected chi connectivity index (χ2v) is 2.89. The van der Waals surface area contributed by atoms with Crippen LogP contribution in [0.15, 0.2) is 0 Å². The van der Waals surface area contributed by atoms with Crippen LogP contribution in [0.25, 0.3) is 0 Å². The van der Waals surface area contributed by atoms with Crippen LogP contribution in [0.5, 0.6) is 0 Å². The van der Waals surface area contributed by atoms with Crippen molar-refractivity contribution in [3.05, 3.63) is 0 Å². The van der Waals surface area contributed by atoms with Crippen LogP contribution in [0.2, 0.25) is 0 Å². The van der Waals surface area contributed by atoms with E-state index in [9.17, 15) is 13.2 Å². The van der Waals surface area contributed by atoms with E-state index >= 15 is 0 Å². The van der Waals surface area contributed by atoms with Crippen LogP contribution in [-0.2, 0) is 19.3 Å². The maximum Gasteiger partial charge on any atom is 1.00 e. The molecule has 62 valence electrons. The first kappa shape index (κ1) is 14.5. The third-order valence-electron chi connectivity index (χ3n) is 0.635. The normalized spacial score (nSPS) is 9.91. The Morgan fingerprint density at radius 1 is 1.64 bits per heavy atom. The van der Waals surface area contributed by atoms with Crippen molar-refractivity contribution < 1.29 is 70.2 Å². The summed E-state index contributed by atoms with van der Waals surface area (Å²) in [6.45, 7) is 1.85. The molecule has 0 aliphatic rings. The Hall–Kier alpha value is 1.02. The summed E-state index contributed by atoms with van der Waals surface area (Å²) < 4.78 is 26.6. The first-order valence-corrected chi connectivity index (χ1v) is 4.13. The van der Waals surface area contributed by atoms with E-state index in [1.165, 1.54) is 4.72 Å². The van der Waals surface area contributed by atoms with E-state index in [2.05, 4.69) is 4.18 Å². The molecule has 0 aromatic carbocycles. The number of amides is 1. The number of rotatable bonds is 5. The van der Waals surface area contributed by atoms with Crippen molar-refractivity contribution in [3.8, 4) is 0 Å². The third kappa shape index (κ3) is 8.93. The Bertz CT molecular complexity index is 195. The van der Waals surface area contributed by atoms with E-state index in [1.807, 2.05) is 0 Å². The van der Waals surface area contributed by atoms with Gasteiger partial charge in [-0.25, -0.2) is 4.72 Å². The second-order valence-electron chi connectivity index (χ2n) is 1.51. The Morgan fingerprint density at radius 3 is 2.55 bits per heavy atom. The van der Waals surface area contributed by atoms with E-state index in [0.717, 1.165) is 0 Å². The molecular weight excluding hydrogens is 197 g/mol. The second kappa shape index (κ2) is 7.65. The van der Waals surface area contributed by atoms with Gasteiger partial charge in [0, 0.05) is 0 Å². The van der Waals surface area contributed by atoms with Crippen LogP contribution < -0.4 is 56.1 Å². The molecule has 11 heavy (non-hydrogen) atoms. The molecule has 0 bridgehead atoms. The fraction of sp³-hybridized carbons (Fsp3) is 0.750. The van der Waals surface area contributed by atoms with Gasteiger partial charge in [0.25, 0.3) is 0 Å². The average Bonchev–Trinajstić information content (AvgIpc) is 1.84. The van der Waals surface area contributed by atoms with Crippen molar-refractivity contribution in [3.63, 3.8) is 0 Å². The number of nitrogens with one attached hydrogen (secondary N) is 1. The molecule has 0 heterocycles. The molecule has 0 rings (SSSR count). The topological polar surface area (TPSA) is 72.5 Å². The van der Waals surface area contributed by atoms with Gasteiger partial charge < -0.3 is 1.43 Å². The predicted octanol–water partition coefficient (Wildman–Crippen LogP) is -3.48. The predicted molar refractivity (Wildman–Crippen MR) is 35.5 cm³/mol. The Balaban J connectivity index is -0.000000405. The molecule has 0 aliphatic heterocycles. The van der Waals surface area contributed by atoms with Gasteiger partial charge in [-0.05, 0) is 6.42 Å². The van der Waals surface area contributed by atoms with Crippen molar-refractivity contribution >= 4 is 16.7 Å². The van der Waals surface area contributed by atoms with E-state index in [-0.39, 0.29) is 65.8 Å². The van der Waals surface area contributed by atoms with Gasteiger partial charge in [-0.1, -0.05) is 6.92 Å². The number of hydrogen-bond acceptors (Lipinski definition) is 4. The Labute approximate surface area is 110 Å². The van der Waals surface area contributed by atoms with Crippen LogP contribution in [0, 0.1) is 0 Å². The fourth-order valence-electron chi connectivity index (χ4n) is 0.286. The minimum absolute atomic E-state index is 0. The third-order valence-corrected chi connectivity index (χ3v) is 1.50. The average molecular weight is 207 g/mol. The smallest absolute Gasteiger partial charge is 1.00 e. The van der Waals surface area contributed by atoms with Gasteiger partial charge >= 0.3 is 61.7 Å². The molecule has 7 heteroatoms. The van der Waals surface area contributed by atoms with Crippen molar-refractivity contribution in [1.29, 1.82) is 0 Å². The summed E-state index contributed by atoms with van der Waals surface area (Å²) in [4.78, 5) is 9.61. The largest absolute Gasteiger partial charge is 1.00 e. The summed E-state index contributed by atoms with van der Waals surface area (Å²) in [6.07, 6.45) is 0.644. The van der Waals surface area contributed by atoms with Crippen molar-refractivity contribution in [2.75, 3.05) is 6.61 Å². The van der Waals surface area contributed by atoms with Gasteiger partial charge in [0.1, 0.15) is 0 Å². The van der Waals surface area contributed by atoms with Crippen molar-refractivity contribution in [1.82, 2.24) is 4.72 Å². The first-order chi connectivity index (χ1) is 4.62. The first-order valence-electron chi connectivity index (χ1n) is 2.72. The number of carbonyl (C=O) groups is 1. The van der Waals surface area contributed by atoms with Gasteiger partial charge in [0.2, 0.25) is 6.41 Å². The van der Waals surface area contributed by atoms with Crippen LogP contribution >= 0.6 is 0 Å². The zero-order chi connectivity index (χ0) is 8.04. The minimum atomic E-state index is -3.81. The molecule has 0 saturated heterocycles. The zero-order valence-electron chi connectivity index (χ0n) is 7.53. The van der Waals surface area contributed by atoms with Crippen LogP contribution in [0.3, 0.4) is 0 Å². The van der Waals surface area contributed by atoms with Gasteiger partial charge in [-0.3, -0.25) is 8.98 Å². The quantitative estimate of drug-likeness (QED) is 0.375. The molecule has 0 aromatic rings. The molecule has 0 unspecified atom stereocenters. The molecule has 0 aromatic heterocycles. The molecule has 0 fully saturated rings. The van der Waals surface area contributed by atoms with Gasteiger partial charge in [0.15, 0.2) is 0 Å². The molecule has 1 N–H and O–H groups in total. The molecule has 1 amide bonds. The standard InChI is InChI=1S/C4H9NO4S.K.H/c1-2-3-9-10(7,8)5-4-6;;/h4H,2-3H2,1H3,(H,5,6);;/q;+1;-1. The molecule has 0 atom stereocenters. The van der Waals surface area contributed by atoms with Gasteiger partial charge in [-0.15, -0.1) is 0 Å². The van der Waals surface area contributed by atoms with Crippen molar-refractivity contribution in [2.24, 2.45) is 0 Å². The van der Waals surface area contributed by atoms with Crippen molar-refractivity contribution in [2.45, 2.75) is 13.3 Å². The van der Waals surface area contributed by atoms with Crippen LogP contribution in [0.4, 0.5) is 0 Å². The summed E-state index contributed by atoms with van der Waals surface area (Å²) in [5.41, 5.74) is 0. The summed E-state index contributed by atoms with van der Waals surface area (Å²) in [5, 5.41) is 0. The molecular formula is C4H10KNO4S. The number of hydrogen-bond donors (Lipinski definition) is 1. The Kier molecular flexibility index (Phi) is 10.1. The maximum absolute atomic E-state index is 10.4. The summed E-state index contributed by atoms with van der Waals surface area (Å²) >= 11 is 0. The molecule has 0 radical (unpaired) electrons. The van der Waals surface area contributed by atoms with E-state index in [4.69, 9.17) is 0 Å². The van der Waals surface area contributed by atoms with Crippen LogP contribution in [0.1, 0.15) is 14.8 Å². The van der Waals surface area contributed by atoms with Crippen LogP contribution in [-0.4, -0.2) is 21.4 Å². The summed E-state index contributed by atoms with van der Waals surface area (Å²) in [7, 11) is -3.81. The van der Waals surface area contributed by atoms with Gasteiger partial charge in [0.05, 0.1) is 6.61 Å². The van der Waals surface area contributed by atoms with Gasteiger partial charge in [-0.2, -0.15) is 8.42 Å². The van der Waals surface area contributed by atoms with E-state index in [0.29, 0.717) is 6.42 Å². The molecule has 0 spiro atoms. The molecule has 0 saturated carbocycles. The van der Waals surface area contributed by atoms with E-state index in [1.54, 1.807) is 6.92 Å². The summed E-state index contributed by atoms with van der Waals surface area (Å²) in [6, 6.07) is 0. The zero-order valence-corrected chi connectivity index (χ0v) is 10.5.